The van der Waals surface area contributed by atoms with Gasteiger partial charge in [0.1, 0.15) is 17.4 Å². The second-order valence-electron chi connectivity index (χ2n) is 5.14. The maximum Gasteiger partial charge on any atom is 0.132 e. The van der Waals surface area contributed by atoms with Gasteiger partial charge in [-0.3, -0.25) is 10.2 Å². The molecule has 1 aliphatic heterocycles. The van der Waals surface area contributed by atoms with E-state index in [2.05, 4.69) is 21.6 Å². The number of halogens is 1. The fraction of sp³-hybridized carbons (Fsp3) is 0.0588. The van der Waals surface area contributed by atoms with E-state index in [1.54, 1.807) is 19.2 Å². The number of fused-ring (bicyclic) bond motifs is 3. The average molecular weight is 295 g/mol. The highest BCUT2D eigenvalue weighted by molar-refractivity contribution is 6.04. The van der Waals surface area contributed by atoms with Crippen LogP contribution in [0.3, 0.4) is 0 Å². The molecule has 2 aliphatic rings. The molecule has 0 unspecified atom stereocenters. The van der Waals surface area contributed by atoms with E-state index in [4.69, 9.17) is 4.74 Å². The number of rotatable bonds is 3. The van der Waals surface area contributed by atoms with Gasteiger partial charge in [0, 0.05) is 16.6 Å². The lowest BCUT2D eigenvalue weighted by atomic mass is 10.2. The molecule has 0 fully saturated rings. The zero-order chi connectivity index (χ0) is 15.1. The molecular weight excluding hydrogens is 281 g/mol. The van der Waals surface area contributed by atoms with Gasteiger partial charge in [-0.15, -0.1) is 0 Å². The molecule has 1 heterocycles. The molecule has 0 spiro atoms. The zero-order valence-corrected chi connectivity index (χ0v) is 11.9. The van der Waals surface area contributed by atoms with E-state index in [-0.39, 0.29) is 5.82 Å². The van der Waals surface area contributed by atoms with Crippen LogP contribution in [0, 0.1) is 5.82 Å². The first-order valence-electron chi connectivity index (χ1n) is 6.94. The third-order valence-electron chi connectivity index (χ3n) is 3.79. The Morgan fingerprint density at radius 3 is 2.59 bits per heavy atom. The molecule has 0 amide bonds. The van der Waals surface area contributed by atoms with E-state index in [1.165, 1.54) is 12.1 Å². The SMILES string of the molecule is COc1ccc2c3[nH][nH]c(Nc4ccc(F)cc4)c-3cc2c1. The molecule has 5 heteroatoms. The van der Waals surface area contributed by atoms with Crippen LogP contribution in [0.2, 0.25) is 0 Å². The number of H-pyrrole nitrogens is 2. The summed E-state index contributed by atoms with van der Waals surface area (Å²) in [5.74, 6) is 1.42. The summed E-state index contributed by atoms with van der Waals surface area (Å²) in [4.78, 5) is 0. The summed E-state index contributed by atoms with van der Waals surface area (Å²) in [6, 6.07) is 14.3. The quantitative estimate of drug-likeness (QED) is 0.521. The largest absolute Gasteiger partial charge is 0.497 e. The summed E-state index contributed by atoms with van der Waals surface area (Å²) < 4.78 is 18.2. The average Bonchev–Trinajstić information content (AvgIpc) is 3.08. The van der Waals surface area contributed by atoms with Crippen molar-refractivity contribution in [2.24, 2.45) is 0 Å². The molecule has 2 aromatic carbocycles. The molecule has 0 saturated carbocycles. The van der Waals surface area contributed by atoms with Crippen molar-refractivity contribution in [1.29, 1.82) is 0 Å². The molecule has 0 radical (unpaired) electrons. The van der Waals surface area contributed by atoms with Crippen LogP contribution in [0.1, 0.15) is 0 Å². The van der Waals surface area contributed by atoms with Crippen molar-refractivity contribution in [2.45, 2.75) is 0 Å². The standard InChI is InChI=1S/C17H14FN3O/c1-22-13-6-7-14-10(8-13)9-15-16(14)20-21-17(15)19-12-4-2-11(18)3-5-12/h2-9,19-21H,1H3. The molecule has 1 aliphatic carbocycles. The fourth-order valence-corrected chi connectivity index (χ4v) is 2.69. The molecule has 4 rings (SSSR count). The Kier molecular flexibility index (Phi) is 2.79. The van der Waals surface area contributed by atoms with E-state index >= 15 is 0 Å². The fourth-order valence-electron chi connectivity index (χ4n) is 2.69. The lowest BCUT2D eigenvalue weighted by Crippen LogP contribution is -1.91. The van der Waals surface area contributed by atoms with Gasteiger partial charge in [0.15, 0.2) is 0 Å². The number of methoxy groups -OCH3 is 1. The summed E-state index contributed by atoms with van der Waals surface area (Å²) in [5.41, 5.74) is 2.90. The summed E-state index contributed by atoms with van der Waals surface area (Å²) >= 11 is 0. The van der Waals surface area contributed by atoms with Crippen molar-refractivity contribution >= 4 is 22.3 Å². The van der Waals surface area contributed by atoms with E-state index in [0.29, 0.717) is 0 Å². The Labute approximate surface area is 126 Å². The molecule has 4 nitrogen and oxygen atoms in total. The smallest absolute Gasteiger partial charge is 0.132 e. The van der Waals surface area contributed by atoms with E-state index in [9.17, 15) is 4.39 Å². The number of nitrogens with one attached hydrogen (secondary N) is 3. The predicted molar refractivity (Wildman–Crippen MR) is 85.5 cm³/mol. The second kappa shape index (κ2) is 4.80. The highest BCUT2D eigenvalue weighted by Crippen LogP contribution is 2.39. The van der Waals surface area contributed by atoms with E-state index < -0.39 is 0 Å². The number of benzene rings is 2. The highest BCUT2D eigenvalue weighted by Gasteiger charge is 2.17. The summed E-state index contributed by atoms with van der Waals surface area (Å²) in [7, 11) is 1.66. The van der Waals surface area contributed by atoms with Gasteiger partial charge in [0.2, 0.25) is 0 Å². The Bertz CT molecular complexity index is 908. The van der Waals surface area contributed by atoms with Crippen molar-refractivity contribution in [3.8, 4) is 17.0 Å². The van der Waals surface area contributed by atoms with Gasteiger partial charge in [-0.25, -0.2) is 4.39 Å². The van der Waals surface area contributed by atoms with Crippen LogP contribution in [-0.2, 0) is 0 Å². The molecule has 2 aromatic rings. The van der Waals surface area contributed by atoms with Crippen LogP contribution in [-0.4, -0.2) is 17.3 Å². The van der Waals surface area contributed by atoms with Gasteiger partial charge >= 0.3 is 0 Å². The van der Waals surface area contributed by atoms with Crippen LogP contribution in [0.15, 0.2) is 48.5 Å². The van der Waals surface area contributed by atoms with Crippen molar-refractivity contribution in [1.82, 2.24) is 10.2 Å². The van der Waals surface area contributed by atoms with Gasteiger partial charge in [0.05, 0.1) is 12.8 Å². The lowest BCUT2D eigenvalue weighted by molar-refractivity contribution is 0.415. The first-order chi connectivity index (χ1) is 10.7. The van der Waals surface area contributed by atoms with Crippen molar-refractivity contribution in [2.75, 3.05) is 12.4 Å². The molecule has 0 aromatic heterocycles. The number of anilines is 2. The van der Waals surface area contributed by atoms with Gasteiger partial charge in [-0.1, -0.05) is 0 Å². The summed E-state index contributed by atoms with van der Waals surface area (Å²) in [6.45, 7) is 0. The topological polar surface area (TPSA) is 52.8 Å². The molecule has 110 valence electrons. The van der Waals surface area contributed by atoms with Crippen molar-refractivity contribution < 1.29 is 9.13 Å². The first-order valence-corrected chi connectivity index (χ1v) is 6.94. The Morgan fingerprint density at radius 2 is 1.82 bits per heavy atom. The number of ether oxygens (including phenoxy) is 1. The first kappa shape index (κ1) is 12.8. The predicted octanol–water partition coefficient (Wildman–Crippen LogP) is 4.49. The Morgan fingerprint density at radius 1 is 1.00 bits per heavy atom. The monoisotopic (exact) mass is 295 g/mol. The third-order valence-corrected chi connectivity index (χ3v) is 3.79. The lowest BCUT2D eigenvalue weighted by Gasteiger charge is -2.04. The maximum absolute atomic E-state index is 13.0. The Hall–Kier alpha value is -2.95. The minimum Gasteiger partial charge on any atom is -0.497 e. The zero-order valence-electron chi connectivity index (χ0n) is 11.9. The van der Waals surface area contributed by atoms with Gasteiger partial charge in [0.25, 0.3) is 0 Å². The second-order valence-corrected chi connectivity index (χ2v) is 5.14. The van der Waals surface area contributed by atoms with Crippen LogP contribution in [0.4, 0.5) is 15.9 Å². The molecule has 0 atom stereocenters. The molecular formula is C17H14FN3O. The van der Waals surface area contributed by atoms with Crippen LogP contribution < -0.4 is 10.1 Å². The number of hydrogen-bond donors (Lipinski definition) is 3. The van der Waals surface area contributed by atoms with Gasteiger partial charge in [-0.2, -0.15) is 0 Å². The molecule has 0 bridgehead atoms. The third kappa shape index (κ3) is 1.98. The molecule has 0 saturated heterocycles. The highest BCUT2D eigenvalue weighted by atomic mass is 19.1. The number of hydrogen-bond acceptors (Lipinski definition) is 2. The minimum absolute atomic E-state index is 0.250. The summed E-state index contributed by atoms with van der Waals surface area (Å²) in [5, 5.41) is 11.8. The van der Waals surface area contributed by atoms with Gasteiger partial charge < -0.3 is 10.1 Å². The number of aromatic nitrogens is 2. The summed E-state index contributed by atoms with van der Waals surface area (Å²) in [6.07, 6.45) is 0. The van der Waals surface area contributed by atoms with Crippen molar-refractivity contribution in [3.63, 3.8) is 0 Å². The molecule has 3 N–H and O–H groups in total. The number of aromatic amines is 2. The van der Waals surface area contributed by atoms with E-state index in [1.807, 2.05) is 18.2 Å². The van der Waals surface area contributed by atoms with Crippen LogP contribution in [0.25, 0.3) is 22.0 Å². The molecule has 22 heavy (non-hydrogen) atoms. The van der Waals surface area contributed by atoms with E-state index in [0.717, 1.165) is 39.3 Å². The van der Waals surface area contributed by atoms with Crippen LogP contribution in [0.5, 0.6) is 5.75 Å². The van der Waals surface area contributed by atoms with Gasteiger partial charge in [-0.05, 0) is 53.9 Å². The maximum atomic E-state index is 13.0. The normalized spacial score (nSPS) is 11.2. The van der Waals surface area contributed by atoms with Crippen LogP contribution >= 0.6 is 0 Å². The van der Waals surface area contributed by atoms with Crippen molar-refractivity contribution in [3.05, 3.63) is 54.3 Å². The minimum atomic E-state index is -0.250. The Balaban J connectivity index is 1.76.